The monoisotopic (exact) mass is 273 g/mol. The van der Waals surface area contributed by atoms with Crippen molar-refractivity contribution >= 4 is 11.6 Å². The number of hydrogen-bond donors (Lipinski definition) is 1. The molecular weight excluding hydrogens is 250 g/mol. The van der Waals surface area contributed by atoms with Crippen molar-refractivity contribution in [2.24, 2.45) is 0 Å². The second-order valence-electron chi connectivity index (χ2n) is 5.92. The minimum Gasteiger partial charge on any atom is -0.316 e. The molecule has 1 N–H and O–H groups in total. The normalized spacial score (nSPS) is 24.9. The zero-order valence-electron chi connectivity index (χ0n) is 12.1. The molecule has 1 atom stereocenters. The van der Waals surface area contributed by atoms with Crippen molar-refractivity contribution in [1.29, 1.82) is 0 Å². The first-order chi connectivity index (χ1) is 9.74. The highest BCUT2D eigenvalue weighted by Gasteiger charge is 2.23. The van der Waals surface area contributed by atoms with E-state index in [0.717, 1.165) is 31.9 Å². The number of anilines is 1. The number of carbonyl (C=O) groups excluding carboxylic acids is 1. The van der Waals surface area contributed by atoms with Crippen molar-refractivity contribution in [3.05, 3.63) is 29.8 Å². The average Bonchev–Trinajstić information content (AvgIpc) is 2.48. The van der Waals surface area contributed by atoms with Gasteiger partial charge < -0.3 is 10.2 Å². The van der Waals surface area contributed by atoms with Gasteiger partial charge in [0, 0.05) is 25.3 Å². The van der Waals surface area contributed by atoms with Crippen LogP contribution in [0, 0.1) is 0 Å². The lowest BCUT2D eigenvalue weighted by Crippen LogP contribution is -2.48. The summed E-state index contributed by atoms with van der Waals surface area (Å²) >= 11 is 0. The summed E-state index contributed by atoms with van der Waals surface area (Å²) in [4.78, 5) is 16.2. The Kier molecular flexibility index (Phi) is 4.03. The van der Waals surface area contributed by atoms with Gasteiger partial charge in [-0.1, -0.05) is 12.1 Å². The largest absolute Gasteiger partial charge is 0.316 e. The van der Waals surface area contributed by atoms with Gasteiger partial charge >= 0.3 is 0 Å². The third kappa shape index (κ3) is 2.86. The van der Waals surface area contributed by atoms with Crippen LogP contribution in [0.5, 0.6) is 0 Å². The Hall–Kier alpha value is -1.39. The Bertz CT molecular complexity index is 482. The van der Waals surface area contributed by atoms with Gasteiger partial charge in [0.05, 0.1) is 6.54 Å². The maximum atomic E-state index is 12.2. The molecule has 0 saturated carbocycles. The molecule has 1 aromatic carbocycles. The average molecular weight is 273 g/mol. The molecule has 1 amide bonds. The molecule has 2 aliphatic heterocycles. The summed E-state index contributed by atoms with van der Waals surface area (Å²) in [5.41, 5.74) is 2.42. The fraction of sp³-hybridized carbons (Fsp3) is 0.562. The number of nitrogens with one attached hydrogen (secondary N) is 1. The van der Waals surface area contributed by atoms with E-state index in [2.05, 4.69) is 34.5 Å². The topological polar surface area (TPSA) is 35.6 Å². The van der Waals surface area contributed by atoms with Crippen molar-refractivity contribution < 1.29 is 4.79 Å². The zero-order chi connectivity index (χ0) is 13.9. The van der Waals surface area contributed by atoms with Gasteiger partial charge in [-0.2, -0.15) is 0 Å². The van der Waals surface area contributed by atoms with Crippen LogP contribution in [0.15, 0.2) is 24.3 Å². The molecule has 0 radical (unpaired) electrons. The summed E-state index contributed by atoms with van der Waals surface area (Å²) in [5.74, 6) is 0.795. The lowest BCUT2D eigenvalue weighted by molar-refractivity contribution is -0.120. The van der Waals surface area contributed by atoms with Crippen LogP contribution in [0.2, 0.25) is 0 Å². The molecule has 2 saturated heterocycles. The molecule has 20 heavy (non-hydrogen) atoms. The third-order valence-corrected chi connectivity index (χ3v) is 4.36. The molecule has 2 fully saturated rings. The van der Waals surface area contributed by atoms with Crippen LogP contribution < -0.4 is 10.2 Å². The van der Waals surface area contributed by atoms with Gasteiger partial charge in [-0.3, -0.25) is 9.69 Å². The number of nitrogens with zero attached hydrogens (tertiary/aromatic N) is 2. The van der Waals surface area contributed by atoms with Crippen molar-refractivity contribution in [3.8, 4) is 0 Å². The van der Waals surface area contributed by atoms with Crippen molar-refractivity contribution in [3.63, 3.8) is 0 Å². The van der Waals surface area contributed by atoms with E-state index < -0.39 is 0 Å². The van der Waals surface area contributed by atoms with Gasteiger partial charge in [0.15, 0.2) is 0 Å². The van der Waals surface area contributed by atoms with E-state index in [1.54, 1.807) is 0 Å². The second kappa shape index (κ2) is 5.94. The molecule has 1 unspecified atom stereocenters. The predicted molar refractivity (Wildman–Crippen MR) is 81.1 cm³/mol. The van der Waals surface area contributed by atoms with Crippen LogP contribution in [-0.4, -0.2) is 50.6 Å². The molecule has 4 heteroatoms. The molecule has 108 valence electrons. The lowest BCUT2D eigenvalue weighted by Gasteiger charge is -2.33. The highest BCUT2D eigenvalue weighted by molar-refractivity contribution is 5.95. The van der Waals surface area contributed by atoms with Gasteiger partial charge in [0.25, 0.3) is 0 Å². The first-order valence-electron chi connectivity index (χ1n) is 7.53. The summed E-state index contributed by atoms with van der Waals surface area (Å²) in [5, 5.41) is 3.46. The van der Waals surface area contributed by atoms with Crippen LogP contribution in [0.25, 0.3) is 0 Å². The predicted octanol–water partition coefficient (Wildman–Crippen LogP) is 1.43. The van der Waals surface area contributed by atoms with Crippen LogP contribution in [-0.2, 0) is 4.79 Å². The summed E-state index contributed by atoms with van der Waals surface area (Å²) in [6.45, 7) is 4.45. The first kappa shape index (κ1) is 13.6. The number of likely N-dealkylation sites (N-methyl/N-ethyl adjacent to an activating group) is 1. The number of piperidine rings is 1. The Labute approximate surface area is 120 Å². The van der Waals surface area contributed by atoms with E-state index in [1.165, 1.54) is 18.4 Å². The maximum absolute atomic E-state index is 12.2. The smallest absolute Gasteiger partial charge is 0.241 e. The fourth-order valence-electron chi connectivity index (χ4n) is 3.15. The van der Waals surface area contributed by atoms with Crippen LogP contribution in [0.1, 0.15) is 24.3 Å². The highest BCUT2D eigenvalue weighted by Crippen LogP contribution is 2.27. The van der Waals surface area contributed by atoms with Crippen molar-refractivity contribution in [2.45, 2.75) is 18.8 Å². The minimum absolute atomic E-state index is 0.206. The van der Waals surface area contributed by atoms with Crippen molar-refractivity contribution in [1.82, 2.24) is 10.2 Å². The number of benzene rings is 1. The number of piperazine rings is 1. The van der Waals surface area contributed by atoms with E-state index in [9.17, 15) is 4.79 Å². The molecule has 2 aliphatic rings. The molecule has 4 nitrogen and oxygen atoms in total. The third-order valence-electron chi connectivity index (χ3n) is 4.36. The molecule has 1 aromatic rings. The quantitative estimate of drug-likeness (QED) is 0.885. The van der Waals surface area contributed by atoms with Gasteiger partial charge in [-0.15, -0.1) is 0 Å². The van der Waals surface area contributed by atoms with E-state index in [1.807, 2.05) is 11.9 Å². The molecule has 0 aromatic heterocycles. The zero-order valence-corrected chi connectivity index (χ0v) is 12.1. The summed E-state index contributed by atoms with van der Waals surface area (Å²) in [7, 11) is 2.00. The highest BCUT2D eigenvalue weighted by atomic mass is 16.2. The van der Waals surface area contributed by atoms with E-state index in [4.69, 9.17) is 0 Å². The molecule has 3 rings (SSSR count). The van der Waals surface area contributed by atoms with E-state index >= 15 is 0 Å². The number of amides is 1. The maximum Gasteiger partial charge on any atom is 0.241 e. The first-order valence-corrected chi connectivity index (χ1v) is 7.53. The number of carbonyl (C=O) groups is 1. The number of hydrogen-bond acceptors (Lipinski definition) is 3. The van der Waals surface area contributed by atoms with Gasteiger partial charge in [-0.05, 0) is 50.0 Å². The van der Waals surface area contributed by atoms with E-state index in [0.29, 0.717) is 12.5 Å². The Balaban J connectivity index is 1.78. The molecule has 2 heterocycles. The second-order valence-corrected chi connectivity index (χ2v) is 5.92. The van der Waals surface area contributed by atoms with Crippen molar-refractivity contribution in [2.75, 3.05) is 44.7 Å². The standard InChI is InChI=1S/C16H23N3O/c1-18-8-9-19(16(20)12-18)15-6-2-4-13(10-15)14-5-3-7-17-11-14/h2,4,6,10,14,17H,3,5,7-9,11-12H2,1H3. The SMILES string of the molecule is CN1CCN(c2cccc(C3CCCNC3)c2)C(=O)C1. The fourth-order valence-corrected chi connectivity index (χ4v) is 3.15. The Morgan fingerprint density at radius 2 is 2.20 bits per heavy atom. The minimum atomic E-state index is 0.206. The van der Waals surface area contributed by atoms with Crippen LogP contribution in [0.3, 0.4) is 0 Å². The van der Waals surface area contributed by atoms with Crippen LogP contribution >= 0.6 is 0 Å². The Morgan fingerprint density at radius 1 is 1.30 bits per heavy atom. The summed E-state index contributed by atoms with van der Waals surface area (Å²) < 4.78 is 0. The lowest BCUT2D eigenvalue weighted by atomic mass is 9.91. The van der Waals surface area contributed by atoms with Crippen LogP contribution in [0.4, 0.5) is 5.69 Å². The Morgan fingerprint density at radius 3 is 2.95 bits per heavy atom. The molecule has 0 spiro atoms. The summed E-state index contributed by atoms with van der Waals surface area (Å²) in [6, 6.07) is 8.55. The molecule has 0 aliphatic carbocycles. The van der Waals surface area contributed by atoms with Gasteiger partial charge in [0.1, 0.15) is 0 Å². The molecule has 0 bridgehead atoms. The van der Waals surface area contributed by atoms with E-state index in [-0.39, 0.29) is 5.91 Å². The summed E-state index contributed by atoms with van der Waals surface area (Å²) in [6.07, 6.45) is 2.48. The van der Waals surface area contributed by atoms with Gasteiger partial charge in [0.2, 0.25) is 5.91 Å². The number of rotatable bonds is 2. The van der Waals surface area contributed by atoms with Gasteiger partial charge in [-0.25, -0.2) is 0 Å². The molecular formula is C16H23N3O.